The normalized spacial score (nSPS) is 10.4. The molecule has 4 aromatic rings. The summed E-state index contributed by atoms with van der Waals surface area (Å²) in [6, 6.07) is 20.0. The lowest BCUT2D eigenvalue weighted by Crippen LogP contribution is -2.07. The number of nitrogens with one attached hydrogen (secondary N) is 2. The monoisotopic (exact) mass is 513 g/mol. The molecule has 168 valence electrons. The molecule has 0 atom stereocenters. The van der Waals surface area contributed by atoms with Gasteiger partial charge < -0.3 is 0 Å². The summed E-state index contributed by atoms with van der Waals surface area (Å²) in [6.45, 7) is 0. The van der Waals surface area contributed by atoms with E-state index in [4.69, 9.17) is 43.0 Å². The summed E-state index contributed by atoms with van der Waals surface area (Å²) in [5, 5.41) is 27.7. The fourth-order valence-corrected chi connectivity index (χ4v) is 3.39. The van der Waals surface area contributed by atoms with Crippen molar-refractivity contribution < 1.29 is 13.8 Å². The van der Waals surface area contributed by atoms with Crippen LogP contribution in [0, 0.1) is 22.7 Å². The molecule has 2 aromatic carbocycles. The largest absolute Gasteiger partial charge is 0.746 e. The minimum atomic E-state index is -2.75. The van der Waals surface area contributed by atoms with Gasteiger partial charge in [-0.05, 0) is 48.5 Å². The summed E-state index contributed by atoms with van der Waals surface area (Å²) < 4.78 is 25.1. The summed E-state index contributed by atoms with van der Waals surface area (Å²) in [7, 11) is -2.75. The molecule has 2 heterocycles. The van der Waals surface area contributed by atoms with E-state index in [0.29, 0.717) is 21.4 Å². The third-order valence-corrected chi connectivity index (χ3v) is 5.22. The summed E-state index contributed by atoms with van der Waals surface area (Å²) in [5.74, 6) is 0.451. The molecule has 0 aliphatic carbocycles. The number of nitriles is 2. The van der Waals surface area contributed by atoms with Crippen molar-refractivity contribution >= 4 is 43.1 Å². The van der Waals surface area contributed by atoms with Crippen molar-refractivity contribution in [1.82, 2.24) is 19.6 Å². The Kier molecular flexibility index (Phi) is 7.04. The van der Waals surface area contributed by atoms with Crippen molar-refractivity contribution in [3.05, 3.63) is 82.1 Å². The van der Waals surface area contributed by atoms with Crippen LogP contribution < -0.4 is 11.0 Å². The molecule has 0 bridgehead atoms. The molecular formula is C20H12Cl2N8O3P+. The van der Waals surface area contributed by atoms with Gasteiger partial charge in [0.2, 0.25) is 0 Å². The first kappa shape index (κ1) is 23.2. The van der Waals surface area contributed by atoms with Crippen molar-refractivity contribution in [2.45, 2.75) is 0 Å². The molecule has 0 fully saturated rings. The lowest BCUT2D eigenvalue weighted by Gasteiger charge is -2.06. The fraction of sp³-hybridized carbons (Fsp3) is 0. The Morgan fingerprint density at radius 2 is 1.15 bits per heavy atom. The average Bonchev–Trinajstić information content (AvgIpc) is 3.46. The van der Waals surface area contributed by atoms with Crippen LogP contribution in [0.25, 0.3) is 11.4 Å². The number of aromatic nitrogens is 4. The Bertz CT molecular complexity index is 1310. The van der Waals surface area contributed by atoms with Crippen LogP contribution in [0.15, 0.2) is 60.7 Å². The van der Waals surface area contributed by atoms with Crippen LogP contribution in [0.5, 0.6) is 0 Å². The second kappa shape index (κ2) is 10.3. The molecule has 0 aliphatic heterocycles. The number of anilines is 2. The molecule has 0 aliphatic rings. The van der Waals surface area contributed by atoms with Crippen LogP contribution in [-0.4, -0.2) is 19.6 Å². The van der Waals surface area contributed by atoms with E-state index in [9.17, 15) is 4.57 Å². The van der Waals surface area contributed by atoms with Gasteiger partial charge in [0, 0.05) is 36.0 Å². The standard InChI is InChI=1S/C20H12Cl2N8O3P/c21-13-1-5-17(6-2-13)29-19(9-15(11-23)25-29)27-32-34(31)33-28-20-10-16(12-24)26-30(20)18-7-3-14(22)4-8-18/h1-10,27-28H/q+1. The lowest BCUT2D eigenvalue weighted by molar-refractivity contribution is 0.293. The van der Waals surface area contributed by atoms with Gasteiger partial charge in [-0.15, -0.1) is 0 Å². The number of nitrogens with zero attached hydrogens (tertiary/aromatic N) is 6. The van der Waals surface area contributed by atoms with E-state index in [1.807, 2.05) is 12.1 Å². The highest BCUT2D eigenvalue weighted by molar-refractivity contribution is 7.33. The lowest BCUT2D eigenvalue weighted by atomic mass is 10.3. The Morgan fingerprint density at radius 1 is 0.765 bits per heavy atom. The number of benzene rings is 2. The number of hydrogen-bond acceptors (Lipinski definition) is 9. The first-order valence-corrected chi connectivity index (χ1v) is 11.2. The van der Waals surface area contributed by atoms with Crippen LogP contribution in [0.2, 0.25) is 10.0 Å². The zero-order valence-electron chi connectivity index (χ0n) is 16.9. The molecular weight excluding hydrogens is 502 g/mol. The summed E-state index contributed by atoms with van der Waals surface area (Å²) in [5.41, 5.74) is 6.31. The van der Waals surface area contributed by atoms with Crippen molar-refractivity contribution in [2.24, 2.45) is 0 Å². The maximum Gasteiger partial charge on any atom is 0.746 e. The predicted molar refractivity (Wildman–Crippen MR) is 124 cm³/mol. The van der Waals surface area contributed by atoms with Crippen LogP contribution in [0.3, 0.4) is 0 Å². The first-order chi connectivity index (χ1) is 16.5. The summed E-state index contributed by atoms with van der Waals surface area (Å²) >= 11 is 11.8. The van der Waals surface area contributed by atoms with E-state index < -0.39 is 8.25 Å². The van der Waals surface area contributed by atoms with Gasteiger partial charge >= 0.3 is 8.25 Å². The maximum atomic E-state index is 12.3. The van der Waals surface area contributed by atoms with E-state index in [0.717, 1.165) is 0 Å². The van der Waals surface area contributed by atoms with Gasteiger partial charge in [0.15, 0.2) is 23.0 Å². The molecule has 0 saturated heterocycles. The zero-order chi connectivity index (χ0) is 24.1. The van der Waals surface area contributed by atoms with Crippen LogP contribution in [0.4, 0.5) is 11.6 Å². The molecule has 0 spiro atoms. The van der Waals surface area contributed by atoms with E-state index in [2.05, 4.69) is 21.2 Å². The maximum absolute atomic E-state index is 12.3. The van der Waals surface area contributed by atoms with E-state index >= 15 is 0 Å². The Hall–Kier alpha value is -3.96. The summed E-state index contributed by atoms with van der Waals surface area (Å²) in [4.78, 5) is 0. The number of halogens is 2. The number of hydrogen-bond donors (Lipinski definition) is 2. The minimum Gasteiger partial charge on any atom is -0.214 e. The average molecular weight is 514 g/mol. The van der Waals surface area contributed by atoms with Crippen LogP contribution in [-0.2, 0) is 13.8 Å². The van der Waals surface area contributed by atoms with Crippen LogP contribution in [0.1, 0.15) is 11.4 Å². The van der Waals surface area contributed by atoms with Gasteiger partial charge in [-0.25, -0.2) is 9.36 Å². The predicted octanol–water partition coefficient (Wildman–Crippen LogP) is 5.15. The second-order valence-electron chi connectivity index (χ2n) is 6.44. The van der Waals surface area contributed by atoms with E-state index in [1.165, 1.54) is 21.5 Å². The van der Waals surface area contributed by atoms with Crippen molar-refractivity contribution in [3.8, 4) is 23.5 Å². The SMILES string of the molecule is N#Cc1cc(NO[P+](=O)ONc2cc(C#N)nn2-c2ccc(Cl)cc2)n(-c2ccc(Cl)cc2)n1. The van der Waals surface area contributed by atoms with Gasteiger partial charge in [-0.1, -0.05) is 23.2 Å². The summed E-state index contributed by atoms with van der Waals surface area (Å²) in [6.07, 6.45) is 0. The van der Waals surface area contributed by atoms with Crippen molar-refractivity contribution in [1.29, 1.82) is 10.5 Å². The molecule has 0 radical (unpaired) electrons. The topological polar surface area (TPSA) is 143 Å². The molecule has 0 saturated carbocycles. The third-order valence-electron chi connectivity index (χ3n) is 4.24. The quantitative estimate of drug-likeness (QED) is 0.241. The molecule has 0 unspecified atom stereocenters. The zero-order valence-corrected chi connectivity index (χ0v) is 19.3. The highest BCUT2D eigenvalue weighted by Crippen LogP contribution is 2.28. The Morgan fingerprint density at radius 3 is 1.50 bits per heavy atom. The molecule has 0 amide bonds. The molecule has 2 N–H and O–H groups in total. The van der Waals surface area contributed by atoms with Gasteiger partial charge in [-0.3, -0.25) is 0 Å². The minimum absolute atomic E-state index is 0.103. The Labute approximate surface area is 203 Å². The van der Waals surface area contributed by atoms with Gasteiger partial charge in [0.1, 0.15) is 12.1 Å². The molecule has 11 nitrogen and oxygen atoms in total. The smallest absolute Gasteiger partial charge is 0.214 e. The fourth-order valence-electron chi connectivity index (χ4n) is 2.76. The molecule has 14 heteroatoms. The van der Waals surface area contributed by atoms with Gasteiger partial charge in [-0.2, -0.15) is 31.7 Å². The van der Waals surface area contributed by atoms with Gasteiger partial charge in [0.05, 0.1) is 11.4 Å². The van der Waals surface area contributed by atoms with E-state index in [1.54, 1.807) is 48.5 Å². The highest BCUT2D eigenvalue weighted by atomic mass is 35.5. The molecule has 2 aromatic heterocycles. The second-order valence-corrected chi connectivity index (χ2v) is 8.13. The first-order valence-electron chi connectivity index (χ1n) is 9.32. The van der Waals surface area contributed by atoms with Crippen LogP contribution >= 0.6 is 31.5 Å². The third kappa shape index (κ3) is 5.33. The Balaban J connectivity index is 1.44. The van der Waals surface area contributed by atoms with Crippen molar-refractivity contribution in [3.63, 3.8) is 0 Å². The highest BCUT2D eigenvalue weighted by Gasteiger charge is 2.25. The van der Waals surface area contributed by atoms with E-state index in [-0.39, 0.29) is 23.0 Å². The van der Waals surface area contributed by atoms with Gasteiger partial charge in [0.25, 0.3) is 0 Å². The number of rotatable bonds is 8. The van der Waals surface area contributed by atoms with Crippen molar-refractivity contribution in [2.75, 3.05) is 11.0 Å². The molecule has 34 heavy (non-hydrogen) atoms. The molecule has 4 rings (SSSR count).